The number of likely N-dealkylation sites (tertiary alicyclic amines) is 1. The number of hydrogen-bond donors (Lipinski definition) is 0. The van der Waals surface area contributed by atoms with Crippen LogP contribution in [-0.4, -0.2) is 91.2 Å². The zero-order valence-corrected chi connectivity index (χ0v) is 14.9. The summed E-state index contributed by atoms with van der Waals surface area (Å²) in [6.45, 7) is 6.06. The number of piperidine rings is 1. The van der Waals surface area contributed by atoms with Gasteiger partial charge in [-0.05, 0) is 26.7 Å². The maximum absolute atomic E-state index is 13.0. The zero-order valence-electron chi connectivity index (χ0n) is 14.9. The van der Waals surface area contributed by atoms with Crippen molar-refractivity contribution >= 4 is 17.9 Å². The smallest absolute Gasteiger partial charge is 0.328 e. The number of hydrogen-bond acceptors (Lipinski definition) is 6. The number of carbonyl (C=O) groups is 3. The van der Waals surface area contributed by atoms with Crippen LogP contribution in [0.3, 0.4) is 0 Å². The van der Waals surface area contributed by atoms with E-state index in [9.17, 15) is 14.4 Å². The van der Waals surface area contributed by atoms with E-state index in [2.05, 4.69) is 23.5 Å². The van der Waals surface area contributed by atoms with Crippen LogP contribution < -0.4 is 0 Å². The van der Waals surface area contributed by atoms with Gasteiger partial charge in [0.15, 0.2) is 0 Å². The molecule has 0 aliphatic carbocycles. The fraction of sp³-hybridized carbons (Fsp3) is 0.812. The van der Waals surface area contributed by atoms with E-state index in [-0.39, 0.29) is 12.5 Å². The first-order chi connectivity index (χ1) is 11.4. The molecule has 2 rings (SSSR count). The monoisotopic (exact) mass is 341 g/mol. The minimum absolute atomic E-state index is 0.294. The largest absolute Gasteiger partial charge is 0.468 e. The number of ether oxygens (including phenoxy) is 2. The van der Waals surface area contributed by atoms with Crippen molar-refractivity contribution in [1.29, 1.82) is 0 Å². The maximum Gasteiger partial charge on any atom is 0.328 e. The van der Waals surface area contributed by atoms with E-state index in [0.717, 1.165) is 18.0 Å². The lowest BCUT2D eigenvalue weighted by Gasteiger charge is -2.43. The Bertz CT molecular complexity index is 500. The molecule has 24 heavy (non-hydrogen) atoms. The number of carbonyl (C=O) groups excluding carboxylic acids is 3. The molecule has 0 saturated carbocycles. The van der Waals surface area contributed by atoms with Crippen LogP contribution in [0, 0.1) is 0 Å². The van der Waals surface area contributed by atoms with Gasteiger partial charge in [0.2, 0.25) is 0 Å². The van der Waals surface area contributed by atoms with Crippen molar-refractivity contribution < 1.29 is 23.9 Å². The van der Waals surface area contributed by atoms with Gasteiger partial charge in [-0.1, -0.05) is 0 Å². The summed E-state index contributed by atoms with van der Waals surface area (Å²) in [5, 5.41) is 0. The Hall–Kier alpha value is -1.67. The third-order valence-corrected chi connectivity index (χ3v) is 5.01. The molecule has 1 spiro atoms. The summed E-state index contributed by atoms with van der Waals surface area (Å²) >= 11 is 0. The van der Waals surface area contributed by atoms with Gasteiger partial charge < -0.3 is 19.3 Å². The fourth-order valence-electron chi connectivity index (χ4n) is 3.50. The maximum atomic E-state index is 13.0. The van der Waals surface area contributed by atoms with E-state index in [0.29, 0.717) is 32.0 Å². The number of esters is 1. The first kappa shape index (κ1) is 18.7. The first-order valence-corrected chi connectivity index (χ1v) is 8.30. The molecule has 136 valence electrons. The molecule has 2 aliphatic heterocycles. The first-order valence-electron chi connectivity index (χ1n) is 8.30. The molecule has 0 aromatic carbocycles. The molecule has 3 amide bonds. The van der Waals surface area contributed by atoms with Crippen LogP contribution >= 0.6 is 0 Å². The predicted octanol–water partition coefficient (Wildman–Crippen LogP) is 0.313. The number of nitrogens with zero attached hydrogens (tertiary/aromatic N) is 3. The summed E-state index contributed by atoms with van der Waals surface area (Å²) in [5.74, 6) is -0.891. The van der Waals surface area contributed by atoms with Crippen LogP contribution in [0.25, 0.3) is 0 Å². The highest BCUT2D eigenvalue weighted by Crippen LogP contribution is 2.37. The van der Waals surface area contributed by atoms with Crippen LogP contribution in [0.4, 0.5) is 4.79 Å². The molecule has 2 fully saturated rings. The lowest BCUT2D eigenvalue weighted by molar-refractivity contribution is -0.146. The molecule has 0 N–H and O–H groups in total. The standard InChI is InChI=1S/C16H27N3O5/c1-12(2)17-7-5-16(6-8-17)14(21)18(11-13(20)24-4)15(22)19(16)9-10-23-3/h12H,5-11H2,1-4H3. The van der Waals surface area contributed by atoms with Crippen LogP contribution in [0.2, 0.25) is 0 Å². The molecule has 0 radical (unpaired) electrons. The number of imide groups is 1. The van der Waals surface area contributed by atoms with Gasteiger partial charge in [0.05, 0.1) is 13.7 Å². The van der Waals surface area contributed by atoms with E-state index in [4.69, 9.17) is 4.74 Å². The van der Waals surface area contributed by atoms with Gasteiger partial charge in [-0.15, -0.1) is 0 Å². The van der Waals surface area contributed by atoms with Crippen molar-refractivity contribution in [3.05, 3.63) is 0 Å². The topological polar surface area (TPSA) is 79.4 Å². The highest BCUT2D eigenvalue weighted by molar-refractivity contribution is 6.08. The van der Waals surface area contributed by atoms with Crippen molar-refractivity contribution in [3.8, 4) is 0 Å². The Labute approximate surface area is 142 Å². The predicted molar refractivity (Wildman–Crippen MR) is 86.4 cm³/mol. The summed E-state index contributed by atoms with van der Waals surface area (Å²) in [5.41, 5.74) is -0.866. The Morgan fingerprint density at radius 2 is 1.83 bits per heavy atom. The highest BCUT2D eigenvalue weighted by atomic mass is 16.5. The van der Waals surface area contributed by atoms with Gasteiger partial charge in [0, 0.05) is 32.8 Å². The second-order valence-corrected chi connectivity index (χ2v) is 6.56. The third kappa shape index (κ3) is 3.25. The van der Waals surface area contributed by atoms with Gasteiger partial charge in [-0.3, -0.25) is 14.5 Å². The number of methoxy groups -OCH3 is 2. The lowest BCUT2D eigenvalue weighted by atomic mass is 9.85. The van der Waals surface area contributed by atoms with E-state index < -0.39 is 17.5 Å². The van der Waals surface area contributed by atoms with Gasteiger partial charge in [0.1, 0.15) is 12.1 Å². The summed E-state index contributed by atoms with van der Waals surface area (Å²) in [6, 6.07) is -0.0337. The van der Waals surface area contributed by atoms with Crippen molar-refractivity contribution in [3.63, 3.8) is 0 Å². The van der Waals surface area contributed by atoms with E-state index in [1.54, 1.807) is 12.0 Å². The second-order valence-electron chi connectivity index (χ2n) is 6.56. The molecule has 0 bridgehead atoms. The average Bonchev–Trinajstić information content (AvgIpc) is 2.75. The van der Waals surface area contributed by atoms with Crippen LogP contribution in [0.5, 0.6) is 0 Å². The van der Waals surface area contributed by atoms with Crippen LogP contribution in [-0.2, 0) is 19.1 Å². The van der Waals surface area contributed by atoms with Gasteiger partial charge >= 0.3 is 12.0 Å². The van der Waals surface area contributed by atoms with Crippen molar-refractivity contribution in [1.82, 2.24) is 14.7 Å². The zero-order chi connectivity index (χ0) is 17.9. The molecule has 0 aromatic heterocycles. The van der Waals surface area contributed by atoms with Gasteiger partial charge in [-0.2, -0.15) is 0 Å². The van der Waals surface area contributed by atoms with Crippen molar-refractivity contribution in [2.45, 2.75) is 38.3 Å². The Balaban J connectivity index is 2.24. The second kappa shape index (κ2) is 7.48. The Morgan fingerprint density at radius 1 is 1.21 bits per heavy atom. The molecule has 8 nitrogen and oxygen atoms in total. The Kier molecular flexibility index (Phi) is 5.82. The SMILES string of the molecule is COCCN1C(=O)N(CC(=O)OC)C(=O)C12CCN(C(C)C)CC2. The molecule has 2 aliphatic rings. The lowest BCUT2D eigenvalue weighted by Crippen LogP contribution is -2.58. The molecule has 2 heterocycles. The normalized spacial score (nSPS) is 21.2. The quantitative estimate of drug-likeness (QED) is 0.511. The number of rotatable bonds is 6. The minimum atomic E-state index is -0.866. The third-order valence-electron chi connectivity index (χ3n) is 5.01. The molecule has 8 heteroatoms. The van der Waals surface area contributed by atoms with Crippen molar-refractivity contribution in [2.24, 2.45) is 0 Å². The van der Waals surface area contributed by atoms with Crippen LogP contribution in [0.1, 0.15) is 26.7 Å². The molecule has 0 aromatic rings. The number of urea groups is 1. The molecular weight excluding hydrogens is 314 g/mol. The molecule has 2 saturated heterocycles. The van der Waals surface area contributed by atoms with E-state index >= 15 is 0 Å². The fourth-order valence-corrected chi connectivity index (χ4v) is 3.50. The van der Waals surface area contributed by atoms with E-state index in [1.165, 1.54) is 7.11 Å². The molecule has 0 unspecified atom stereocenters. The van der Waals surface area contributed by atoms with Crippen molar-refractivity contribution in [2.75, 3.05) is 47.0 Å². The van der Waals surface area contributed by atoms with E-state index in [1.807, 2.05) is 0 Å². The summed E-state index contributed by atoms with van der Waals surface area (Å²) in [7, 11) is 2.80. The highest BCUT2D eigenvalue weighted by Gasteiger charge is 2.58. The summed E-state index contributed by atoms with van der Waals surface area (Å²) < 4.78 is 9.71. The van der Waals surface area contributed by atoms with Gasteiger partial charge in [-0.25, -0.2) is 4.79 Å². The average molecular weight is 341 g/mol. The number of amides is 3. The molecule has 0 atom stereocenters. The summed E-state index contributed by atoms with van der Waals surface area (Å²) in [4.78, 5) is 42.2. The summed E-state index contributed by atoms with van der Waals surface area (Å²) in [6.07, 6.45) is 1.13. The Morgan fingerprint density at radius 3 is 2.33 bits per heavy atom. The van der Waals surface area contributed by atoms with Crippen LogP contribution in [0.15, 0.2) is 0 Å². The minimum Gasteiger partial charge on any atom is -0.468 e. The molecular formula is C16H27N3O5. The van der Waals surface area contributed by atoms with Gasteiger partial charge in [0.25, 0.3) is 5.91 Å².